The molecule has 2 heteroatoms. The van der Waals surface area contributed by atoms with Gasteiger partial charge in [-0.25, -0.2) is 0 Å². The lowest BCUT2D eigenvalue weighted by atomic mass is 10.0. The van der Waals surface area contributed by atoms with Crippen LogP contribution in [0.5, 0.6) is 0 Å². The van der Waals surface area contributed by atoms with Gasteiger partial charge >= 0.3 is 0 Å². The number of benzene rings is 1. The van der Waals surface area contributed by atoms with Gasteiger partial charge in [-0.15, -0.1) is 0 Å². The van der Waals surface area contributed by atoms with Crippen molar-refractivity contribution >= 4 is 10.9 Å². The van der Waals surface area contributed by atoms with Gasteiger partial charge in [0.2, 0.25) is 0 Å². The van der Waals surface area contributed by atoms with E-state index in [9.17, 15) is 5.11 Å². The molecule has 0 saturated carbocycles. The Morgan fingerprint density at radius 2 is 2.07 bits per heavy atom. The molecular weight excluding hydrogens is 186 g/mol. The van der Waals surface area contributed by atoms with Crippen LogP contribution >= 0.6 is 0 Å². The van der Waals surface area contributed by atoms with Gasteiger partial charge in [-0.05, 0) is 18.1 Å². The Morgan fingerprint density at radius 1 is 1.27 bits per heavy atom. The maximum atomic E-state index is 9.64. The molecule has 2 rings (SSSR count). The lowest BCUT2D eigenvalue weighted by molar-refractivity contribution is 0.171. The summed E-state index contributed by atoms with van der Waals surface area (Å²) in [5.41, 5.74) is 2.13. The van der Waals surface area contributed by atoms with Crippen LogP contribution in [0.3, 0.4) is 0 Å². The molecule has 0 spiro atoms. The SMILES string of the molecule is CCC(O)Cc1cccc2cccnc12. The van der Waals surface area contributed by atoms with Crippen LogP contribution in [0, 0.1) is 0 Å². The number of hydrogen-bond acceptors (Lipinski definition) is 2. The van der Waals surface area contributed by atoms with Gasteiger partial charge in [0.05, 0.1) is 11.6 Å². The summed E-state index contributed by atoms with van der Waals surface area (Å²) < 4.78 is 0. The van der Waals surface area contributed by atoms with E-state index in [1.54, 1.807) is 6.20 Å². The summed E-state index contributed by atoms with van der Waals surface area (Å²) in [6.45, 7) is 1.99. The third-order valence-corrected chi connectivity index (χ3v) is 2.64. The maximum Gasteiger partial charge on any atom is 0.0734 e. The van der Waals surface area contributed by atoms with Crippen LogP contribution in [-0.2, 0) is 6.42 Å². The highest BCUT2D eigenvalue weighted by Crippen LogP contribution is 2.17. The molecule has 1 atom stereocenters. The third kappa shape index (κ3) is 2.16. The zero-order chi connectivity index (χ0) is 10.7. The standard InChI is InChI=1S/C13H15NO/c1-2-12(15)9-11-6-3-5-10-7-4-8-14-13(10)11/h3-8,12,15H,2,9H2,1H3. The van der Waals surface area contributed by atoms with E-state index in [4.69, 9.17) is 0 Å². The van der Waals surface area contributed by atoms with Crippen molar-refractivity contribution in [2.45, 2.75) is 25.9 Å². The van der Waals surface area contributed by atoms with Gasteiger partial charge in [0.1, 0.15) is 0 Å². The number of aliphatic hydroxyl groups is 1. The predicted molar refractivity (Wildman–Crippen MR) is 61.7 cm³/mol. The molecule has 1 heterocycles. The average Bonchev–Trinajstić information content (AvgIpc) is 2.29. The molecule has 1 aromatic heterocycles. The second-order valence-electron chi connectivity index (χ2n) is 3.76. The van der Waals surface area contributed by atoms with E-state index < -0.39 is 0 Å². The molecule has 2 aromatic rings. The Morgan fingerprint density at radius 3 is 2.87 bits per heavy atom. The first-order valence-electron chi connectivity index (χ1n) is 5.32. The highest BCUT2D eigenvalue weighted by atomic mass is 16.3. The summed E-state index contributed by atoms with van der Waals surface area (Å²) in [6, 6.07) is 10.1. The fraction of sp³-hybridized carbons (Fsp3) is 0.308. The predicted octanol–water partition coefficient (Wildman–Crippen LogP) is 2.55. The molecule has 78 valence electrons. The number of aliphatic hydroxyl groups excluding tert-OH is 1. The third-order valence-electron chi connectivity index (χ3n) is 2.64. The molecule has 0 fully saturated rings. The van der Waals surface area contributed by atoms with Gasteiger partial charge in [0, 0.05) is 18.0 Å². The van der Waals surface area contributed by atoms with Gasteiger partial charge in [0.25, 0.3) is 0 Å². The van der Waals surface area contributed by atoms with Crippen LogP contribution in [0.4, 0.5) is 0 Å². The Bertz CT molecular complexity index is 448. The molecule has 0 aliphatic carbocycles. The van der Waals surface area contributed by atoms with Crippen LogP contribution in [0.15, 0.2) is 36.5 Å². The summed E-state index contributed by atoms with van der Waals surface area (Å²) in [5.74, 6) is 0. The number of pyridine rings is 1. The van der Waals surface area contributed by atoms with Crippen LogP contribution in [0.1, 0.15) is 18.9 Å². The van der Waals surface area contributed by atoms with Crippen LogP contribution in [0.25, 0.3) is 10.9 Å². The van der Waals surface area contributed by atoms with Crippen LogP contribution in [-0.4, -0.2) is 16.2 Å². The van der Waals surface area contributed by atoms with Crippen molar-refractivity contribution in [3.63, 3.8) is 0 Å². The number of rotatable bonds is 3. The van der Waals surface area contributed by atoms with E-state index in [0.717, 1.165) is 22.9 Å². The summed E-state index contributed by atoms with van der Waals surface area (Å²) in [4.78, 5) is 4.36. The molecule has 0 radical (unpaired) electrons. The van der Waals surface area contributed by atoms with E-state index in [-0.39, 0.29) is 6.10 Å². The van der Waals surface area contributed by atoms with Gasteiger partial charge in [-0.3, -0.25) is 4.98 Å². The van der Waals surface area contributed by atoms with Crippen molar-refractivity contribution in [1.29, 1.82) is 0 Å². The van der Waals surface area contributed by atoms with Crippen molar-refractivity contribution in [2.24, 2.45) is 0 Å². The van der Waals surface area contributed by atoms with Crippen LogP contribution < -0.4 is 0 Å². The second kappa shape index (κ2) is 4.41. The highest BCUT2D eigenvalue weighted by molar-refractivity contribution is 5.81. The van der Waals surface area contributed by atoms with E-state index in [0.29, 0.717) is 6.42 Å². The fourth-order valence-electron chi connectivity index (χ4n) is 1.73. The Balaban J connectivity index is 2.42. The molecule has 2 nitrogen and oxygen atoms in total. The zero-order valence-corrected chi connectivity index (χ0v) is 8.85. The molecule has 1 unspecified atom stereocenters. The summed E-state index contributed by atoms with van der Waals surface area (Å²) in [6.07, 6.45) is 3.00. The van der Waals surface area contributed by atoms with Crippen molar-refractivity contribution in [3.8, 4) is 0 Å². The Kier molecular flexibility index (Phi) is 2.97. The van der Waals surface area contributed by atoms with E-state index in [1.165, 1.54) is 0 Å². The molecule has 0 saturated heterocycles. The quantitative estimate of drug-likeness (QED) is 0.827. The minimum Gasteiger partial charge on any atom is -0.393 e. The largest absolute Gasteiger partial charge is 0.393 e. The summed E-state index contributed by atoms with van der Waals surface area (Å²) in [5, 5.41) is 10.8. The molecule has 0 aliphatic rings. The number of hydrogen-bond donors (Lipinski definition) is 1. The lowest BCUT2D eigenvalue weighted by Crippen LogP contribution is -2.08. The van der Waals surface area contributed by atoms with Crippen molar-refractivity contribution in [2.75, 3.05) is 0 Å². The molecule has 0 amide bonds. The van der Waals surface area contributed by atoms with E-state index in [2.05, 4.69) is 4.98 Å². The zero-order valence-electron chi connectivity index (χ0n) is 8.85. The minimum atomic E-state index is -0.266. The lowest BCUT2D eigenvalue weighted by Gasteiger charge is -2.09. The molecule has 1 N–H and O–H groups in total. The molecule has 1 aromatic carbocycles. The first kappa shape index (κ1) is 10.1. The topological polar surface area (TPSA) is 33.1 Å². The highest BCUT2D eigenvalue weighted by Gasteiger charge is 2.06. The number of aromatic nitrogens is 1. The first-order valence-corrected chi connectivity index (χ1v) is 5.32. The van der Waals surface area contributed by atoms with Crippen molar-refractivity contribution in [1.82, 2.24) is 4.98 Å². The normalized spacial score (nSPS) is 12.9. The van der Waals surface area contributed by atoms with Crippen molar-refractivity contribution in [3.05, 3.63) is 42.1 Å². The van der Waals surface area contributed by atoms with E-state index in [1.807, 2.05) is 37.3 Å². The Labute approximate surface area is 89.6 Å². The molecule has 15 heavy (non-hydrogen) atoms. The van der Waals surface area contributed by atoms with Crippen LogP contribution in [0.2, 0.25) is 0 Å². The van der Waals surface area contributed by atoms with Crippen molar-refractivity contribution < 1.29 is 5.11 Å². The first-order chi connectivity index (χ1) is 7.31. The number of fused-ring (bicyclic) bond motifs is 1. The fourth-order valence-corrected chi connectivity index (χ4v) is 1.73. The molecule has 0 aliphatic heterocycles. The maximum absolute atomic E-state index is 9.64. The number of nitrogens with zero attached hydrogens (tertiary/aromatic N) is 1. The second-order valence-corrected chi connectivity index (χ2v) is 3.76. The van der Waals surface area contributed by atoms with Gasteiger partial charge in [-0.2, -0.15) is 0 Å². The minimum absolute atomic E-state index is 0.266. The van der Waals surface area contributed by atoms with E-state index >= 15 is 0 Å². The number of para-hydroxylation sites is 1. The molecule has 0 bridgehead atoms. The summed E-state index contributed by atoms with van der Waals surface area (Å²) >= 11 is 0. The van der Waals surface area contributed by atoms with Gasteiger partial charge in [0.15, 0.2) is 0 Å². The average molecular weight is 201 g/mol. The summed E-state index contributed by atoms with van der Waals surface area (Å²) in [7, 11) is 0. The Hall–Kier alpha value is -1.41. The smallest absolute Gasteiger partial charge is 0.0734 e. The molecular formula is C13H15NO. The van der Waals surface area contributed by atoms with Gasteiger partial charge in [-0.1, -0.05) is 31.2 Å². The van der Waals surface area contributed by atoms with Gasteiger partial charge < -0.3 is 5.11 Å². The monoisotopic (exact) mass is 201 g/mol.